The smallest absolute Gasteiger partial charge is 0.312 e. The molecule has 2 aromatic heterocycles. The van der Waals surface area contributed by atoms with Crippen LogP contribution < -0.4 is 10.4 Å². The van der Waals surface area contributed by atoms with Gasteiger partial charge in [-0.15, -0.1) is 0 Å². The topological polar surface area (TPSA) is 61.3 Å². The van der Waals surface area contributed by atoms with Crippen LogP contribution in [0.1, 0.15) is 78.6 Å². The predicted molar refractivity (Wildman–Crippen MR) is 209 cm³/mol. The zero-order valence-corrected chi connectivity index (χ0v) is 34.6. The van der Waals surface area contributed by atoms with Gasteiger partial charge in [0.1, 0.15) is 14.8 Å². The number of carbonyl (C=O) groups is 1. The van der Waals surface area contributed by atoms with Crippen molar-refractivity contribution in [3.63, 3.8) is 0 Å². The molecule has 4 aromatic rings. The maximum Gasteiger partial charge on any atom is 0.312 e. The van der Waals surface area contributed by atoms with E-state index in [1.807, 2.05) is 57.2 Å². The average molecular weight is 860 g/mol. The Hall–Kier alpha value is -2.17. The van der Waals surface area contributed by atoms with Gasteiger partial charge >= 0.3 is 5.97 Å². The Kier molecular flexibility index (Phi) is 13.4. The number of aromatic nitrogens is 2. The first-order chi connectivity index (χ1) is 22.7. The molecule has 0 saturated heterocycles. The molecule has 0 amide bonds. The van der Waals surface area contributed by atoms with Gasteiger partial charge in [-0.25, -0.2) is 9.97 Å². The number of pyridine rings is 2. The lowest BCUT2D eigenvalue weighted by molar-refractivity contribution is -0.171. The number of ether oxygens (including phenoxy) is 1. The van der Waals surface area contributed by atoms with Gasteiger partial charge in [0.25, 0.3) is 8.32 Å². The second kappa shape index (κ2) is 16.7. The highest BCUT2D eigenvalue weighted by molar-refractivity contribution is 9.10. The van der Waals surface area contributed by atoms with E-state index in [1.54, 1.807) is 0 Å². The number of esters is 1. The van der Waals surface area contributed by atoms with Crippen LogP contribution in [0, 0.1) is 5.41 Å². The predicted octanol–water partition coefficient (Wildman–Crippen LogP) is 9.97. The van der Waals surface area contributed by atoms with Gasteiger partial charge in [-0.2, -0.15) is 0 Å². The molecule has 0 atom stereocenters. The highest BCUT2D eigenvalue weighted by atomic mass is 79.9. The van der Waals surface area contributed by atoms with E-state index < -0.39 is 19.3 Å². The Morgan fingerprint density at radius 3 is 1.65 bits per heavy atom. The van der Waals surface area contributed by atoms with Crippen molar-refractivity contribution in [2.75, 3.05) is 0 Å². The highest BCUT2D eigenvalue weighted by Gasteiger charge is 2.53. The van der Waals surface area contributed by atoms with Crippen LogP contribution in [0.25, 0.3) is 0 Å². The molecule has 0 N–H and O–H groups in total. The molecule has 1 saturated carbocycles. The number of benzene rings is 2. The summed E-state index contributed by atoms with van der Waals surface area (Å²) in [5.74, 6) is -0.124. The fourth-order valence-corrected chi connectivity index (χ4v) is 12.3. The summed E-state index contributed by atoms with van der Waals surface area (Å²) in [7, 11) is -2.66. The first kappa shape index (κ1) is 38.6. The minimum Gasteiger partial charge on any atom is -0.460 e. The highest BCUT2D eigenvalue weighted by Crippen LogP contribution is 2.45. The lowest BCUT2D eigenvalue weighted by atomic mass is 9.70. The maximum absolute atomic E-state index is 13.7. The molecule has 1 aliphatic carbocycles. The van der Waals surface area contributed by atoms with E-state index in [-0.39, 0.29) is 17.1 Å². The van der Waals surface area contributed by atoms with E-state index >= 15 is 0 Å². The van der Waals surface area contributed by atoms with E-state index in [0.29, 0.717) is 19.3 Å². The summed E-state index contributed by atoms with van der Waals surface area (Å²) in [4.78, 5) is 22.6. The second-order valence-electron chi connectivity index (χ2n) is 14.5. The molecule has 0 spiro atoms. The number of hydrogen-bond acceptors (Lipinski definition) is 5. The molecule has 48 heavy (non-hydrogen) atoms. The quantitative estimate of drug-likeness (QED) is 0.0765. The van der Waals surface area contributed by atoms with E-state index in [1.165, 1.54) is 10.4 Å². The van der Waals surface area contributed by atoms with Crippen LogP contribution in [-0.2, 0) is 25.7 Å². The van der Waals surface area contributed by atoms with Crippen LogP contribution in [0.2, 0.25) is 5.04 Å². The van der Waals surface area contributed by atoms with Crippen molar-refractivity contribution in [2.45, 2.75) is 95.7 Å². The van der Waals surface area contributed by atoms with Crippen molar-refractivity contribution in [2.24, 2.45) is 5.41 Å². The minimum atomic E-state index is -2.66. The summed E-state index contributed by atoms with van der Waals surface area (Å²) in [6.07, 6.45) is 3.64. The Morgan fingerprint density at radius 2 is 1.23 bits per heavy atom. The number of alkyl halides is 1. The Bertz CT molecular complexity index is 1580. The third kappa shape index (κ3) is 9.96. The summed E-state index contributed by atoms with van der Waals surface area (Å²) >= 11 is 10.1. The van der Waals surface area contributed by atoms with E-state index in [0.717, 1.165) is 38.8 Å². The minimum absolute atomic E-state index is 0.0577. The molecular weight excluding hydrogens is 812 g/mol. The fraction of sp³-hybridized carbons (Fsp3) is 0.410. The van der Waals surface area contributed by atoms with Crippen molar-refractivity contribution in [3.05, 3.63) is 118 Å². The Labute approximate surface area is 313 Å². The molecule has 5 nitrogen and oxygen atoms in total. The van der Waals surface area contributed by atoms with Crippen LogP contribution in [0.4, 0.5) is 0 Å². The Balaban J connectivity index is 0.000000500. The number of carbonyl (C=O) groups excluding carboxylic acids is 1. The van der Waals surface area contributed by atoms with Crippen LogP contribution in [0.15, 0.2) is 106 Å². The molecule has 0 unspecified atom stereocenters. The van der Waals surface area contributed by atoms with Crippen molar-refractivity contribution < 1.29 is 14.0 Å². The first-order valence-corrected chi connectivity index (χ1v) is 21.1. The standard InChI is InChI=1S/C33H42BrNO3Si.C6H5Br2N/c1-31(2,3)37-30(36)33(24-25-14-13-19-29(34)35-25)22-20-26(21-23-33)38-39(32(4,5)6,27-15-9-7-10-16-27)28-17-11-8-12-18-28;7-4-5-2-1-3-6(8)9-5/h7-19,26H,20-24H2,1-6H3;1-3H,4H2. The summed E-state index contributed by atoms with van der Waals surface area (Å²) in [6, 6.07) is 33.3. The van der Waals surface area contributed by atoms with E-state index in [2.05, 4.69) is 139 Å². The first-order valence-electron chi connectivity index (χ1n) is 16.5. The van der Waals surface area contributed by atoms with Crippen molar-refractivity contribution >= 4 is 72.4 Å². The van der Waals surface area contributed by atoms with Crippen molar-refractivity contribution in [1.82, 2.24) is 9.97 Å². The number of halogens is 3. The van der Waals surface area contributed by atoms with Crippen LogP contribution >= 0.6 is 47.8 Å². The monoisotopic (exact) mass is 856 g/mol. The second-order valence-corrected chi connectivity index (χ2v) is 20.9. The zero-order chi connectivity index (χ0) is 35.0. The zero-order valence-electron chi connectivity index (χ0n) is 28.8. The maximum atomic E-state index is 13.7. The van der Waals surface area contributed by atoms with Gasteiger partial charge in [-0.05, 0) is 118 Å². The van der Waals surface area contributed by atoms with E-state index in [4.69, 9.17) is 9.16 Å². The molecule has 9 heteroatoms. The van der Waals surface area contributed by atoms with E-state index in [9.17, 15) is 4.79 Å². The van der Waals surface area contributed by atoms with Gasteiger partial charge in [-0.3, -0.25) is 4.79 Å². The average Bonchev–Trinajstić information content (AvgIpc) is 3.04. The van der Waals surface area contributed by atoms with Crippen LogP contribution in [0.3, 0.4) is 0 Å². The fourth-order valence-electron chi connectivity index (χ4n) is 6.46. The molecular formula is C39H47Br3N2O3Si. The molecule has 0 radical (unpaired) electrons. The molecule has 256 valence electrons. The third-order valence-electron chi connectivity index (χ3n) is 8.68. The van der Waals surface area contributed by atoms with Gasteiger partial charge in [0.05, 0.1) is 11.1 Å². The van der Waals surface area contributed by atoms with Gasteiger partial charge < -0.3 is 9.16 Å². The van der Waals surface area contributed by atoms with Crippen molar-refractivity contribution in [3.8, 4) is 0 Å². The summed E-state index contributed by atoms with van der Waals surface area (Å²) in [5, 5.41) is 3.29. The lowest BCUT2D eigenvalue weighted by Crippen LogP contribution is -2.68. The molecule has 2 aromatic carbocycles. The number of hydrogen-bond donors (Lipinski definition) is 0. The van der Waals surface area contributed by atoms with Gasteiger partial charge in [-0.1, -0.05) is 109 Å². The molecule has 0 aliphatic heterocycles. The SMILES string of the molecule is BrCc1cccc(Br)n1.CC(C)(C)OC(=O)C1(Cc2cccc(Br)n2)CCC(O[Si](c2ccccc2)(c2ccccc2)C(C)(C)C)CC1. The summed E-state index contributed by atoms with van der Waals surface area (Å²) in [6.45, 7) is 12.7. The van der Waals surface area contributed by atoms with Crippen molar-refractivity contribution in [1.29, 1.82) is 0 Å². The van der Waals surface area contributed by atoms with Gasteiger partial charge in [0.15, 0.2) is 0 Å². The molecule has 5 rings (SSSR count). The van der Waals surface area contributed by atoms with Crippen LogP contribution in [-0.4, -0.2) is 36.0 Å². The molecule has 0 bridgehead atoms. The van der Waals surface area contributed by atoms with Gasteiger partial charge in [0, 0.05) is 23.5 Å². The normalized spacial score (nSPS) is 18.4. The third-order valence-corrected chi connectivity index (χ3v) is 15.2. The lowest BCUT2D eigenvalue weighted by Gasteiger charge is -2.47. The largest absolute Gasteiger partial charge is 0.460 e. The number of nitrogens with zero attached hydrogens (tertiary/aromatic N) is 2. The molecule has 1 fully saturated rings. The van der Waals surface area contributed by atoms with Gasteiger partial charge in [0.2, 0.25) is 0 Å². The summed E-state index contributed by atoms with van der Waals surface area (Å²) < 4.78 is 15.1. The molecule has 1 aliphatic rings. The number of rotatable bonds is 8. The van der Waals surface area contributed by atoms with Crippen LogP contribution in [0.5, 0.6) is 0 Å². The molecule has 2 heterocycles. The summed E-state index contributed by atoms with van der Waals surface area (Å²) in [5.41, 5.74) is 0.787. The Morgan fingerprint density at radius 1 is 0.750 bits per heavy atom.